The number of carbonyl (C=O) groups is 1. The lowest BCUT2D eigenvalue weighted by Gasteiger charge is -2.10. The zero-order valence-corrected chi connectivity index (χ0v) is 17.5. The van der Waals surface area contributed by atoms with Crippen LogP contribution < -0.4 is 5.32 Å². The van der Waals surface area contributed by atoms with Gasteiger partial charge in [0.1, 0.15) is 29.9 Å². The highest BCUT2D eigenvalue weighted by Gasteiger charge is 2.15. The fourth-order valence-corrected chi connectivity index (χ4v) is 3.47. The first-order valence-corrected chi connectivity index (χ1v) is 10.2. The van der Waals surface area contributed by atoms with Gasteiger partial charge in [-0.25, -0.2) is 15.0 Å². The number of hydrogen-bond acceptors (Lipinski definition) is 6. The summed E-state index contributed by atoms with van der Waals surface area (Å²) in [5.74, 6) is 0.673. The number of carbonyl (C=O) groups excluding carboxylic acids is 1. The summed E-state index contributed by atoms with van der Waals surface area (Å²) in [5.41, 5.74) is 3.55. The molecular weight excluding hydrogens is 404 g/mol. The van der Waals surface area contributed by atoms with Gasteiger partial charge in [-0.2, -0.15) is 0 Å². The lowest BCUT2D eigenvalue weighted by Crippen LogP contribution is -2.15. The molecule has 0 unspecified atom stereocenters. The van der Waals surface area contributed by atoms with E-state index in [0.29, 0.717) is 17.3 Å². The van der Waals surface area contributed by atoms with Crippen molar-refractivity contribution < 1.29 is 4.79 Å². The molecule has 0 aliphatic rings. The van der Waals surface area contributed by atoms with Crippen LogP contribution in [0.5, 0.6) is 0 Å². The topological polar surface area (TPSA) is 103 Å². The Labute approximate surface area is 183 Å². The van der Waals surface area contributed by atoms with Crippen molar-refractivity contribution in [1.29, 1.82) is 0 Å². The lowest BCUT2D eigenvalue weighted by atomic mass is 10.2. The van der Waals surface area contributed by atoms with E-state index in [9.17, 15) is 4.79 Å². The largest absolute Gasteiger partial charge is 0.310 e. The van der Waals surface area contributed by atoms with E-state index in [1.165, 1.54) is 0 Å². The van der Waals surface area contributed by atoms with E-state index in [0.717, 1.165) is 16.7 Å². The standard InChI is InChI=1S/C23H20N8O/c1-15(2)30-14-26-29-22(30)18-7-5-8-19(27-18)23(32)28-21-12-16(10-11-24-21)31-13-25-17-6-3-4-9-20(17)31/h3-15H,1-2H3,(H,24,28,32). The van der Waals surface area contributed by atoms with Gasteiger partial charge in [0.05, 0.1) is 16.7 Å². The number of nitrogens with one attached hydrogen (secondary N) is 1. The third kappa shape index (κ3) is 3.60. The van der Waals surface area contributed by atoms with Gasteiger partial charge in [0, 0.05) is 18.3 Å². The number of aromatic nitrogens is 7. The molecule has 5 rings (SSSR count). The average molecular weight is 424 g/mol. The Bertz CT molecular complexity index is 1420. The van der Waals surface area contributed by atoms with E-state index in [4.69, 9.17) is 0 Å². The number of para-hydroxylation sites is 2. The maximum Gasteiger partial charge on any atom is 0.275 e. The van der Waals surface area contributed by atoms with Gasteiger partial charge >= 0.3 is 0 Å². The highest BCUT2D eigenvalue weighted by atomic mass is 16.1. The van der Waals surface area contributed by atoms with Crippen LogP contribution in [0.15, 0.2) is 73.4 Å². The summed E-state index contributed by atoms with van der Waals surface area (Å²) in [7, 11) is 0. The molecule has 0 spiro atoms. The fourth-order valence-electron chi connectivity index (χ4n) is 3.47. The summed E-state index contributed by atoms with van der Waals surface area (Å²) < 4.78 is 3.86. The molecule has 0 fully saturated rings. The van der Waals surface area contributed by atoms with Gasteiger partial charge in [0.2, 0.25) is 0 Å². The molecule has 0 atom stereocenters. The molecule has 9 heteroatoms. The molecule has 1 amide bonds. The molecule has 32 heavy (non-hydrogen) atoms. The number of amides is 1. The molecule has 0 aliphatic heterocycles. The van der Waals surface area contributed by atoms with Gasteiger partial charge in [0.15, 0.2) is 5.82 Å². The predicted octanol–water partition coefficient (Wildman–Crippen LogP) is 3.91. The number of anilines is 1. The summed E-state index contributed by atoms with van der Waals surface area (Å²) in [6.45, 7) is 4.07. The number of imidazole rings is 1. The molecule has 1 aromatic carbocycles. The number of fused-ring (bicyclic) bond motifs is 1. The Morgan fingerprint density at radius 1 is 1.00 bits per heavy atom. The van der Waals surface area contributed by atoms with Gasteiger partial charge in [-0.15, -0.1) is 10.2 Å². The van der Waals surface area contributed by atoms with Crippen molar-refractivity contribution in [3.05, 3.63) is 79.1 Å². The molecule has 0 saturated heterocycles. The second-order valence-electron chi connectivity index (χ2n) is 7.52. The first kappa shape index (κ1) is 19.6. The third-order valence-electron chi connectivity index (χ3n) is 5.06. The van der Waals surface area contributed by atoms with Crippen LogP contribution in [0, 0.1) is 0 Å². The molecule has 0 saturated carbocycles. The van der Waals surface area contributed by atoms with Crippen molar-refractivity contribution in [2.24, 2.45) is 0 Å². The van der Waals surface area contributed by atoms with E-state index < -0.39 is 0 Å². The molecule has 1 N–H and O–H groups in total. The zero-order chi connectivity index (χ0) is 22.1. The number of rotatable bonds is 5. The van der Waals surface area contributed by atoms with Gasteiger partial charge in [-0.3, -0.25) is 9.36 Å². The normalized spacial score (nSPS) is 11.2. The number of hydrogen-bond donors (Lipinski definition) is 1. The van der Waals surface area contributed by atoms with Crippen LogP contribution in [-0.4, -0.2) is 40.2 Å². The van der Waals surface area contributed by atoms with Crippen LogP contribution in [0.2, 0.25) is 0 Å². The number of benzene rings is 1. The van der Waals surface area contributed by atoms with E-state index in [2.05, 4.69) is 30.5 Å². The van der Waals surface area contributed by atoms with Crippen LogP contribution in [0.25, 0.3) is 28.2 Å². The zero-order valence-electron chi connectivity index (χ0n) is 17.5. The SMILES string of the molecule is CC(C)n1cnnc1-c1cccc(C(=O)Nc2cc(-n3cnc4ccccc43)ccn2)n1. The van der Waals surface area contributed by atoms with Crippen molar-refractivity contribution in [3.63, 3.8) is 0 Å². The number of nitrogens with zero attached hydrogens (tertiary/aromatic N) is 7. The highest BCUT2D eigenvalue weighted by molar-refractivity contribution is 6.02. The Morgan fingerprint density at radius 2 is 1.88 bits per heavy atom. The Hall–Kier alpha value is -4.40. The quantitative estimate of drug-likeness (QED) is 0.459. The Balaban J connectivity index is 1.41. The Morgan fingerprint density at radius 3 is 2.75 bits per heavy atom. The molecule has 5 aromatic rings. The van der Waals surface area contributed by atoms with E-state index in [1.54, 1.807) is 37.1 Å². The average Bonchev–Trinajstić information content (AvgIpc) is 3.47. The maximum absolute atomic E-state index is 12.9. The van der Waals surface area contributed by atoms with Gasteiger partial charge in [-0.1, -0.05) is 18.2 Å². The smallest absolute Gasteiger partial charge is 0.275 e. The minimum atomic E-state index is -0.359. The number of pyridine rings is 2. The van der Waals surface area contributed by atoms with E-state index in [1.807, 2.05) is 59.4 Å². The third-order valence-corrected chi connectivity index (χ3v) is 5.06. The summed E-state index contributed by atoms with van der Waals surface area (Å²) in [6, 6.07) is 16.9. The molecule has 158 valence electrons. The van der Waals surface area contributed by atoms with Crippen LogP contribution in [0.3, 0.4) is 0 Å². The molecule has 0 aliphatic carbocycles. The van der Waals surface area contributed by atoms with Crippen LogP contribution in [-0.2, 0) is 0 Å². The minimum absolute atomic E-state index is 0.172. The fraction of sp³-hybridized carbons (Fsp3) is 0.130. The lowest BCUT2D eigenvalue weighted by molar-refractivity contribution is 0.102. The van der Waals surface area contributed by atoms with E-state index in [-0.39, 0.29) is 17.6 Å². The minimum Gasteiger partial charge on any atom is -0.310 e. The van der Waals surface area contributed by atoms with Crippen LogP contribution >= 0.6 is 0 Å². The monoisotopic (exact) mass is 424 g/mol. The van der Waals surface area contributed by atoms with Gasteiger partial charge in [-0.05, 0) is 44.2 Å². The van der Waals surface area contributed by atoms with Crippen molar-refractivity contribution in [1.82, 2.24) is 34.3 Å². The summed E-state index contributed by atoms with van der Waals surface area (Å²) in [5, 5.41) is 11.0. The predicted molar refractivity (Wildman–Crippen MR) is 120 cm³/mol. The van der Waals surface area contributed by atoms with Crippen LogP contribution in [0.4, 0.5) is 5.82 Å². The first-order valence-electron chi connectivity index (χ1n) is 10.2. The van der Waals surface area contributed by atoms with E-state index >= 15 is 0 Å². The Kier molecular flexibility index (Phi) is 4.91. The van der Waals surface area contributed by atoms with Gasteiger partial charge < -0.3 is 9.88 Å². The van der Waals surface area contributed by atoms with Crippen molar-refractivity contribution in [2.75, 3.05) is 5.32 Å². The summed E-state index contributed by atoms with van der Waals surface area (Å²) in [6.07, 6.45) is 5.06. The highest BCUT2D eigenvalue weighted by Crippen LogP contribution is 2.21. The summed E-state index contributed by atoms with van der Waals surface area (Å²) >= 11 is 0. The first-order chi connectivity index (χ1) is 15.6. The second kappa shape index (κ2) is 8.03. The molecule has 4 heterocycles. The molecule has 0 radical (unpaired) electrons. The molecule has 4 aromatic heterocycles. The molecular formula is C23H20N8O. The molecule has 0 bridgehead atoms. The van der Waals surface area contributed by atoms with Crippen LogP contribution in [0.1, 0.15) is 30.4 Å². The van der Waals surface area contributed by atoms with Crippen molar-refractivity contribution in [3.8, 4) is 17.2 Å². The van der Waals surface area contributed by atoms with Gasteiger partial charge in [0.25, 0.3) is 5.91 Å². The maximum atomic E-state index is 12.9. The second-order valence-corrected chi connectivity index (χ2v) is 7.52. The van der Waals surface area contributed by atoms with Crippen molar-refractivity contribution >= 4 is 22.8 Å². The molecule has 9 nitrogen and oxygen atoms in total. The summed E-state index contributed by atoms with van der Waals surface area (Å²) in [4.78, 5) is 26.1. The van der Waals surface area contributed by atoms with Crippen molar-refractivity contribution in [2.45, 2.75) is 19.9 Å².